The van der Waals surface area contributed by atoms with Gasteiger partial charge in [-0.3, -0.25) is 0 Å². The van der Waals surface area contributed by atoms with Crippen LogP contribution in [0.3, 0.4) is 0 Å². The number of ether oxygens (including phenoxy) is 1. The molecule has 92 valence electrons. The maximum atomic E-state index is 10.4. The molecule has 1 heterocycles. The van der Waals surface area contributed by atoms with E-state index in [2.05, 4.69) is 0 Å². The molecule has 0 amide bonds. The molecule has 3 nitrogen and oxygen atoms in total. The van der Waals surface area contributed by atoms with Crippen LogP contribution in [0.2, 0.25) is 0 Å². The second-order valence-corrected chi connectivity index (χ2v) is 4.50. The number of fused-ring (bicyclic) bond motifs is 1. The number of benzene rings is 2. The number of hydrogen-bond acceptors (Lipinski definition) is 3. The first-order chi connectivity index (χ1) is 8.75. The normalized spacial score (nSPS) is 22.1. The van der Waals surface area contributed by atoms with Crippen molar-refractivity contribution in [3.8, 4) is 11.5 Å². The molecule has 0 radical (unpaired) electrons. The third kappa shape index (κ3) is 1.83. The van der Waals surface area contributed by atoms with Crippen molar-refractivity contribution >= 4 is 0 Å². The molecule has 3 heteroatoms. The summed E-state index contributed by atoms with van der Waals surface area (Å²) in [7, 11) is 0. The monoisotopic (exact) mass is 242 g/mol. The van der Waals surface area contributed by atoms with Gasteiger partial charge in [0.15, 0.2) is 0 Å². The summed E-state index contributed by atoms with van der Waals surface area (Å²) in [5.41, 5.74) is 1.79. The molecule has 0 aliphatic carbocycles. The first-order valence-corrected chi connectivity index (χ1v) is 5.94. The van der Waals surface area contributed by atoms with Crippen LogP contribution >= 0.6 is 0 Å². The van der Waals surface area contributed by atoms with Gasteiger partial charge in [0, 0.05) is 17.5 Å². The number of phenolic OH excluding ortho intramolecular Hbond substituents is 1. The molecule has 18 heavy (non-hydrogen) atoms. The van der Waals surface area contributed by atoms with Crippen molar-refractivity contribution in [1.82, 2.24) is 0 Å². The standard InChI is InChI=1S/C15H14O3/c16-11-6-7-12-14(8-11)18-9-13(15(12)17)10-4-2-1-3-5-10/h1-8,13,15-17H,9H2. The quantitative estimate of drug-likeness (QED) is 0.808. The van der Waals surface area contributed by atoms with Crippen LogP contribution < -0.4 is 4.74 Å². The molecule has 3 rings (SSSR count). The summed E-state index contributed by atoms with van der Waals surface area (Å²) in [6.07, 6.45) is -0.600. The predicted octanol–water partition coefficient (Wildman–Crippen LogP) is 2.60. The van der Waals surface area contributed by atoms with Gasteiger partial charge < -0.3 is 14.9 Å². The molecule has 0 saturated carbocycles. The number of phenols is 1. The first kappa shape index (κ1) is 11.1. The highest BCUT2D eigenvalue weighted by Crippen LogP contribution is 2.41. The molecule has 1 aliphatic rings. The highest BCUT2D eigenvalue weighted by atomic mass is 16.5. The molecule has 2 aromatic carbocycles. The van der Waals surface area contributed by atoms with Gasteiger partial charge in [-0.15, -0.1) is 0 Å². The average molecular weight is 242 g/mol. The summed E-state index contributed by atoms with van der Waals surface area (Å²) < 4.78 is 5.62. The zero-order valence-electron chi connectivity index (χ0n) is 9.78. The lowest BCUT2D eigenvalue weighted by molar-refractivity contribution is 0.0887. The molecule has 0 aromatic heterocycles. The van der Waals surface area contributed by atoms with E-state index in [0.717, 1.165) is 11.1 Å². The topological polar surface area (TPSA) is 49.7 Å². The van der Waals surface area contributed by atoms with Crippen LogP contribution in [0.4, 0.5) is 0 Å². The highest BCUT2D eigenvalue weighted by Gasteiger charge is 2.30. The van der Waals surface area contributed by atoms with Crippen molar-refractivity contribution < 1.29 is 14.9 Å². The van der Waals surface area contributed by atoms with Crippen molar-refractivity contribution in [2.75, 3.05) is 6.61 Å². The molecule has 0 fully saturated rings. The second-order valence-electron chi connectivity index (χ2n) is 4.50. The Kier molecular flexibility index (Phi) is 2.68. The number of aromatic hydroxyl groups is 1. The molecule has 0 saturated heterocycles. The van der Waals surface area contributed by atoms with E-state index in [1.54, 1.807) is 18.2 Å². The molecule has 2 aromatic rings. The smallest absolute Gasteiger partial charge is 0.128 e. The molecule has 0 bridgehead atoms. The number of aliphatic hydroxyl groups excluding tert-OH is 1. The maximum Gasteiger partial charge on any atom is 0.128 e. The summed E-state index contributed by atoms with van der Waals surface area (Å²) in [6, 6.07) is 14.7. The fourth-order valence-electron chi connectivity index (χ4n) is 2.36. The van der Waals surface area contributed by atoms with Gasteiger partial charge in [-0.2, -0.15) is 0 Å². The van der Waals surface area contributed by atoms with Gasteiger partial charge in [-0.05, 0) is 17.7 Å². The zero-order valence-corrected chi connectivity index (χ0v) is 9.78. The van der Waals surface area contributed by atoms with Crippen LogP contribution in [0, 0.1) is 0 Å². The van der Waals surface area contributed by atoms with Crippen LogP contribution in [-0.4, -0.2) is 16.8 Å². The lowest BCUT2D eigenvalue weighted by atomic mass is 9.87. The average Bonchev–Trinajstić information content (AvgIpc) is 2.40. The molecular formula is C15H14O3. The Labute approximate surface area is 105 Å². The second kappa shape index (κ2) is 4.35. The van der Waals surface area contributed by atoms with Crippen molar-refractivity contribution in [2.45, 2.75) is 12.0 Å². The molecule has 2 unspecified atom stereocenters. The minimum absolute atomic E-state index is 0.0664. The van der Waals surface area contributed by atoms with Gasteiger partial charge in [-0.25, -0.2) is 0 Å². The molecule has 0 spiro atoms. The van der Waals surface area contributed by atoms with Gasteiger partial charge in [0.05, 0.1) is 12.7 Å². The van der Waals surface area contributed by atoms with E-state index in [0.29, 0.717) is 12.4 Å². The van der Waals surface area contributed by atoms with Gasteiger partial charge in [0.2, 0.25) is 0 Å². The van der Waals surface area contributed by atoms with Crippen molar-refractivity contribution in [3.63, 3.8) is 0 Å². The fraction of sp³-hybridized carbons (Fsp3) is 0.200. The number of aliphatic hydroxyl groups is 1. The van der Waals surface area contributed by atoms with E-state index >= 15 is 0 Å². The predicted molar refractivity (Wildman–Crippen MR) is 67.7 cm³/mol. The van der Waals surface area contributed by atoms with Crippen LogP contribution in [0.5, 0.6) is 11.5 Å². The first-order valence-electron chi connectivity index (χ1n) is 5.94. The van der Waals surface area contributed by atoms with Crippen molar-refractivity contribution in [3.05, 3.63) is 59.7 Å². The van der Waals surface area contributed by atoms with Gasteiger partial charge in [0.1, 0.15) is 11.5 Å². The lowest BCUT2D eigenvalue weighted by Gasteiger charge is -2.30. The van der Waals surface area contributed by atoms with Crippen LogP contribution in [-0.2, 0) is 0 Å². The lowest BCUT2D eigenvalue weighted by Crippen LogP contribution is -2.24. The van der Waals surface area contributed by atoms with E-state index in [-0.39, 0.29) is 11.7 Å². The molecular weight excluding hydrogens is 228 g/mol. The van der Waals surface area contributed by atoms with Crippen molar-refractivity contribution in [1.29, 1.82) is 0 Å². The van der Waals surface area contributed by atoms with E-state index < -0.39 is 6.10 Å². The minimum atomic E-state index is -0.600. The zero-order chi connectivity index (χ0) is 12.5. The maximum absolute atomic E-state index is 10.4. The Morgan fingerprint density at radius 1 is 1.06 bits per heavy atom. The van der Waals surface area contributed by atoms with Crippen LogP contribution in [0.15, 0.2) is 48.5 Å². The van der Waals surface area contributed by atoms with E-state index in [1.165, 1.54) is 0 Å². The third-order valence-electron chi connectivity index (χ3n) is 3.34. The summed E-state index contributed by atoms with van der Waals surface area (Å²) in [5, 5.41) is 19.8. The van der Waals surface area contributed by atoms with Crippen LogP contribution in [0.25, 0.3) is 0 Å². The minimum Gasteiger partial charge on any atom is -0.508 e. The van der Waals surface area contributed by atoms with E-state index in [9.17, 15) is 10.2 Å². The molecule has 2 atom stereocenters. The fourth-order valence-corrected chi connectivity index (χ4v) is 2.36. The molecule has 2 N–H and O–H groups in total. The summed E-state index contributed by atoms with van der Waals surface area (Å²) >= 11 is 0. The van der Waals surface area contributed by atoms with Gasteiger partial charge in [-0.1, -0.05) is 30.3 Å². The Morgan fingerprint density at radius 3 is 2.61 bits per heavy atom. The summed E-state index contributed by atoms with van der Waals surface area (Å²) in [6.45, 7) is 0.418. The van der Waals surface area contributed by atoms with Crippen molar-refractivity contribution in [2.24, 2.45) is 0 Å². The van der Waals surface area contributed by atoms with Gasteiger partial charge >= 0.3 is 0 Å². The Morgan fingerprint density at radius 2 is 1.83 bits per heavy atom. The van der Waals surface area contributed by atoms with Gasteiger partial charge in [0.25, 0.3) is 0 Å². The largest absolute Gasteiger partial charge is 0.508 e. The van der Waals surface area contributed by atoms with E-state index in [1.807, 2.05) is 30.3 Å². The Hall–Kier alpha value is -2.00. The Bertz CT molecular complexity index is 551. The molecule has 1 aliphatic heterocycles. The SMILES string of the molecule is Oc1ccc2c(c1)OCC(c1ccccc1)C2O. The summed E-state index contributed by atoms with van der Waals surface area (Å²) in [4.78, 5) is 0. The van der Waals surface area contributed by atoms with E-state index in [4.69, 9.17) is 4.74 Å². The highest BCUT2D eigenvalue weighted by molar-refractivity contribution is 5.44. The Balaban J connectivity index is 1.97. The number of rotatable bonds is 1. The third-order valence-corrected chi connectivity index (χ3v) is 3.34. The van der Waals surface area contributed by atoms with Crippen LogP contribution in [0.1, 0.15) is 23.1 Å². The number of hydrogen-bond donors (Lipinski definition) is 2. The summed E-state index contributed by atoms with van der Waals surface area (Å²) in [5.74, 6) is 0.650.